The Morgan fingerprint density at radius 1 is 0.868 bits per heavy atom. The summed E-state index contributed by atoms with van der Waals surface area (Å²) < 4.78 is 42.8. The number of allylic oxidation sites excluding steroid dienone is 1. The number of nitrogens with zero attached hydrogens (tertiary/aromatic N) is 1. The summed E-state index contributed by atoms with van der Waals surface area (Å²) in [7, 11) is 5.18. The van der Waals surface area contributed by atoms with Crippen LogP contribution in [-0.4, -0.2) is 165 Å². The molecule has 3 heterocycles. The van der Waals surface area contributed by atoms with Gasteiger partial charge in [0.05, 0.1) is 47.6 Å². The summed E-state index contributed by atoms with van der Waals surface area (Å²) in [4.78, 5) is 53.3. The van der Waals surface area contributed by atoms with Gasteiger partial charge in [-0.25, -0.2) is 0 Å². The molecule has 0 aromatic carbocycles. The largest absolute Gasteiger partial charge is 0.459 e. The van der Waals surface area contributed by atoms with Crippen LogP contribution < -0.4 is 0 Å². The van der Waals surface area contributed by atoms with Gasteiger partial charge in [-0.15, -0.1) is 6.42 Å². The van der Waals surface area contributed by atoms with Crippen LogP contribution in [0.3, 0.4) is 0 Å². The van der Waals surface area contributed by atoms with E-state index in [4.69, 9.17) is 39.6 Å². The van der Waals surface area contributed by atoms with Crippen LogP contribution in [-0.2, 0) is 52.3 Å². The maximum Gasteiger partial charge on any atom is 0.311 e. The second-order valence-corrected chi connectivity index (χ2v) is 25.3. The number of esters is 2. The van der Waals surface area contributed by atoms with Crippen LogP contribution in [0.4, 0.5) is 0 Å². The van der Waals surface area contributed by atoms with Crippen molar-refractivity contribution in [2.45, 2.75) is 250 Å². The van der Waals surface area contributed by atoms with E-state index in [0.717, 1.165) is 44.9 Å². The van der Waals surface area contributed by atoms with E-state index in [-0.39, 0.29) is 42.8 Å². The smallest absolute Gasteiger partial charge is 0.311 e. The fourth-order valence-electron chi connectivity index (χ4n) is 15.3. The Labute approximate surface area is 452 Å². The van der Waals surface area contributed by atoms with Crippen molar-refractivity contribution in [3.05, 3.63) is 11.6 Å². The van der Waals surface area contributed by atoms with E-state index in [2.05, 4.69) is 12.8 Å². The number of rotatable bonds is 8. The van der Waals surface area contributed by atoms with Gasteiger partial charge in [0, 0.05) is 56.1 Å². The summed E-state index contributed by atoms with van der Waals surface area (Å²) >= 11 is 0. The molecule has 0 aromatic rings. The van der Waals surface area contributed by atoms with Crippen molar-refractivity contribution in [3.8, 4) is 12.3 Å². The number of fused-ring (bicyclic) bond motifs is 5. The molecule has 432 valence electrons. The normalized spacial score (nSPS) is 48.3. The first kappa shape index (κ1) is 62.3. The molecule has 24 atom stereocenters. The molecule has 4 aliphatic carbocycles. The summed E-state index contributed by atoms with van der Waals surface area (Å²) in [6, 6.07) is -0.324. The monoisotopic (exact) mass is 1070 g/mol. The van der Waals surface area contributed by atoms with Crippen molar-refractivity contribution >= 4 is 23.5 Å². The van der Waals surface area contributed by atoms with Crippen LogP contribution in [0.2, 0.25) is 0 Å². The minimum Gasteiger partial charge on any atom is -0.459 e. The predicted molar refractivity (Wildman–Crippen MR) is 282 cm³/mol. The average molecular weight is 1070 g/mol. The van der Waals surface area contributed by atoms with E-state index < -0.39 is 113 Å². The van der Waals surface area contributed by atoms with Gasteiger partial charge in [-0.2, -0.15) is 0 Å². The molecule has 17 nitrogen and oxygen atoms in total. The van der Waals surface area contributed by atoms with Crippen LogP contribution in [0.15, 0.2) is 11.6 Å². The molecule has 0 spiro atoms. The van der Waals surface area contributed by atoms with Gasteiger partial charge in [0.25, 0.3) is 0 Å². The Bertz CT molecular complexity index is 2140. The molecule has 0 bridgehead atoms. The number of carbonyl (C=O) groups is 4. The highest BCUT2D eigenvalue weighted by molar-refractivity contribution is 5.91. The second kappa shape index (κ2) is 24.1. The van der Waals surface area contributed by atoms with E-state index in [9.17, 15) is 44.7 Å². The summed E-state index contributed by atoms with van der Waals surface area (Å²) in [5.74, 6) is 0.432. The van der Waals surface area contributed by atoms with Gasteiger partial charge in [0.1, 0.15) is 29.7 Å². The zero-order valence-electron chi connectivity index (χ0n) is 48.3. The van der Waals surface area contributed by atoms with Crippen molar-refractivity contribution in [3.63, 3.8) is 0 Å². The molecule has 76 heavy (non-hydrogen) atoms. The number of hydrogen-bond acceptors (Lipinski definition) is 17. The third kappa shape index (κ3) is 12.2. The number of carbonyl (C=O) groups excluding carboxylic acids is 4. The summed E-state index contributed by atoms with van der Waals surface area (Å²) in [5.41, 5.74) is -4.27. The lowest BCUT2D eigenvalue weighted by Gasteiger charge is -2.55. The standard InChI is InChI=1S/C37H67NO13.C22H28O3/c1-14-25-37(10,45)30(41)20(4)27(39)18(2)16-35(8,44)32(51-34-28(40)24(38(11)12)15-19(3)47-34)21(5)29(22(6)33(43)49-25)50-26-17-36(9,46-13)31(42)23(7)48-26;1-4-22(25-14(2)23)12-10-20-19-7-5-15-13-16(24)6-8-17(15)18(19)9-11-21(20,22)3/h18-26,28-32,34,40-42,44-45H,14-17H2,1-13H3;1,13,17-20H,5-12H2,2-3H3/t18-,19-,20+,21+,22-,23+,24+,25-,26+,28-,29+,30-,31+,32-,34+,35-,36-,37-;17-,18+,19+,20-,21-,22-/m10/s1. The Morgan fingerprint density at radius 3 is 2.14 bits per heavy atom. The van der Waals surface area contributed by atoms with Crippen molar-refractivity contribution in [1.82, 2.24) is 4.90 Å². The van der Waals surface area contributed by atoms with Crippen molar-refractivity contribution in [2.75, 3.05) is 21.2 Å². The SMILES string of the molecule is C#C[C@]1(OC(C)=O)CC[C@H]2[C@@H]3CCC4=CC(=O)CC[C@@H]4[C@H]3CC[C@@]21C.CC[C@H]1OC(=O)[C@H](C)[C@@H](O[C@H]2C[C@@](C)(OC)[C@@H](O)[C@H](C)O2)[C@H](C)[C@@H](O[C@@H]2O[C@H](C)C[C@H](N(C)C)[C@H]2O)[C@](C)(O)C[C@@H](C)C(=O)[C@H](C)[C@@H](O)[C@]1(C)O. The number of ether oxygens (including phenoxy) is 7. The zero-order valence-corrected chi connectivity index (χ0v) is 48.3. The molecule has 0 amide bonds. The van der Waals surface area contributed by atoms with E-state index in [0.29, 0.717) is 42.3 Å². The van der Waals surface area contributed by atoms with Gasteiger partial charge >= 0.3 is 11.9 Å². The third-order valence-corrected chi connectivity index (χ3v) is 19.8. The predicted octanol–water partition coefficient (Wildman–Crippen LogP) is 5.85. The second-order valence-electron chi connectivity index (χ2n) is 25.3. The third-order valence-electron chi connectivity index (χ3n) is 19.8. The van der Waals surface area contributed by atoms with Crippen LogP contribution in [0.25, 0.3) is 0 Å². The number of hydrogen-bond donors (Lipinski definition) is 5. The molecule has 0 aromatic heterocycles. The number of aliphatic hydroxyl groups excluding tert-OH is 3. The first-order chi connectivity index (χ1) is 35.3. The van der Waals surface area contributed by atoms with Gasteiger partial charge in [-0.1, -0.05) is 46.1 Å². The lowest BCUT2D eigenvalue weighted by Crippen LogP contribution is -2.61. The molecule has 3 saturated carbocycles. The molecule has 6 fully saturated rings. The van der Waals surface area contributed by atoms with Crippen LogP contribution in [0.1, 0.15) is 160 Å². The lowest BCUT2D eigenvalue weighted by atomic mass is 9.50. The molecule has 7 aliphatic rings. The highest BCUT2D eigenvalue weighted by atomic mass is 16.7. The first-order valence-electron chi connectivity index (χ1n) is 28.3. The van der Waals surface area contributed by atoms with Crippen molar-refractivity contribution < 1.29 is 77.9 Å². The molecule has 3 saturated heterocycles. The van der Waals surface area contributed by atoms with Crippen molar-refractivity contribution in [2.24, 2.45) is 52.8 Å². The quantitative estimate of drug-likeness (QED) is 0.142. The highest BCUT2D eigenvalue weighted by Crippen LogP contribution is 2.65. The average Bonchev–Trinajstić information content (AvgIpc) is 3.65. The maximum atomic E-state index is 14.1. The number of terminal acetylenes is 1. The van der Waals surface area contributed by atoms with Gasteiger partial charge in [-0.05, 0) is 150 Å². The molecule has 0 radical (unpaired) electrons. The lowest BCUT2D eigenvalue weighted by molar-refractivity contribution is -0.318. The molecule has 0 unspecified atom stereocenters. The maximum absolute atomic E-state index is 14.1. The van der Waals surface area contributed by atoms with Crippen LogP contribution in [0.5, 0.6) is 0 Å². The number of cyclic esters (lactones) is 1. The number of methoxy groups -OCH3 is 1. The fourth-order valence-corrected chi connectivity index (χ4v) is 15.3. The zero-order chi connectivity index (χ0) is 56.8. The van der Waals surface area contributed by atoms with E-state index in [1.807, 2.05) is 32.0 Å². The Balaban J connectivity index is 0.000000309. The minimum atomic E-state index is -1.99. The number of ketones is 2. The molecular formula is C59H95NO16. The molecule has 5 N–H and O–H groups in total. The Kier molecular flexibility index (Phi) is 19.7. The number of likely N-dealkylation sites (N-methyl/N-ethyl adjacent to an activating group) is 1. The Morgan fingerprint density at radius 2 is 1.54 bits per heavy atom. The first-order valence-corrected chi connectivity index (χ1v) is 28.3. The molecular weight excluding hydrogens is 979 g/mol. The van der Waals surface area contributed by atoms with Crippen molar-refractivity contribution in [1.29, 1.82) is 0 Å². The number of Topliss-reactive ketones (excluding diaryl/α,β-unsaturated/α-hetero) is 1. The summed E-state index contributed by atoms with van der Waals surface area (Å²) in [5, 5.41) is 57.6. The van der Waals surface area contributed by atoms with E-state index >= 15 is 0 Å². The van der Waals surface area contributed by atoms with E-state index in [1.54, 1.807) is 41.5 Å². The van der Waals surface area contributed by atoms with Gasteiger partial charge in [0.15, 0.2) is 24.0 Å². The van der Waals surface area contributed by atoms with Gasteiger partial charge in [-0.3, -0.25) is 19.2 Å². The molecule has 17 heteroatoms. The topological polar surface area (TPSA) is 237 Å². The van der Waals surface area contributed by atoms with Gasteiger partial charge < -0.3 is 63.6 Å². The highest BCUT2D eigenvalue weighted by Gasteiger charge is 2.64. The van der Waals surface area contributed by atoms with Crippen LogP contribution in [0, 0.1) is 65.1 Å². The minimum absolute atomic E-state index is 0.0936. The molecule has 3 aliphatic heterocycles. The Hall–Kier alpha value is -2.86. The number of aliphatic hydroxyl groups is 5. The summed E-state index contributed by atoms with van der Waals surface area (Å²) in [6.07, 6.45) is 6.11. The van der Waals surface area contributed by atoms with Gasteiger partial charge in [0.2, 0.25) is 0 Å². The van der Waals surface area contributed by atoms with E-state index in [1.165, 1.54) is 40.4 Å². The fraction of sp³-hybridized carbons (Fsp3) is 0.864. The molecule has 7 rings (SSSR count). The summed E-state index contributed by atoms with van der Waals surface area (Å²) in [6.45, 7) is 20.1. The van der Waals surface area contributed by atoms with Crippen LogP contribution >= 0.6 is 0 Å².